The van der Waals surface area contributed by atoms with Gasteiger partial charge >= 0.3 is 0 Å². The van der Waals surface area contributed by atoms with Crippen LogP contribution in [0.1, 0.15) is 44.2 Å². The van der Waals surface area contributed by atoms with Gasteiger partial charge in [0.2, 0.25) is 5.91 Å². The smallest absolute Gasteiger partial charge is 0.223 e. The van der Waals surface area contributed by atoms with Crippen LogP contribution in [0, 0.1) is 12.8 Å². The van der Waals surface area contributed by atoms with Crippen LogP contribution in [0.2, 0.25) is 0 Å². The molecule has 0 unspecified atom stereocenters. The molecule has 24 heavy (non-hydrogen) atoms. The van der Waals surface area contributed by atoms with Crippen LogP contribution >= 0.6 is 0 Å². The van der Waals surface area contributed by atoms with E-state index in [1.165, 1.54) is 0 Å². The van der Waals surface area contributed by atoms with Crippen LogP contribution in [0.4, 0.5) is 0 Å². The van der Waals surface area contributed by atoms with Crippen molar-refractivity contribution in [3.8, 4) is 5.75 Å². The van der Waals surface area contributed by atoms with Crippen molar-refractivity contribution in [1.29, 1.82) is 0 Å². The topological polar surface area (TPSA) is 97.5 Å². The quantitative estimate of drug-likeness (QED) is 0.771. The average molecular weight is 333 g/mol. The molecule has 0 aliphatic heterocycles. The molecule has 4 N–H and O–H groups in total. The van der Waals surface area contributed by atoms with Gasteiger partial charge in [0, 0.05) is 24.2 Å². The molecule has 6 heteroatoms. The lowest BCUT2D eigenvalue weighted by Gasteiger charge is -2.30. The second-order valence-electron chi connectivity index (χ2n) is 7.09. The first-order chi connectivity index (χ1) is 11.5. The Kier molecular flexibility index (Phi) is 5.36. The Morgan fingerprint density at radius 1 is 1.33 bits per heavy atom. The molecular weight excluding hydrogens is 306 g/mol. The van der Waals surface area contributed by atoms with Gasteiger partial charge in [-0.05, 0) is 57.6 Å². The maximum Gasteiger partial charge on any atom is 0.223 e. The SMILES string of the molecule is Cc1ncccc1OC1CCC(NC(=O)[C@H]2C[C@@H](N)[C@H](O)C2)CC1. The van der Waals surface area contributed by atoms with Gasteiger partial charge in [-0.1, -0.05) is 0 Å². The molecule has 2 aliphatic rings. The van der Waals surface area contributed by atoms with Crippen LogP contribution in [-0.4, -0.2) is 40.3 Å². The van der Waals surface area contributed by atoms with Crippen molar-refractivity contribution >= 4 is 5.91 Å². The molecule has 6 nitrogen and oxygen atoms in total. The van der Waals surface area contributed by atoms with Crippen LogP contribution in [0.3, 0.4) is 0 Å². The van der Waals surface area contributed by atoms with Gasteiger partial charge < -0.3 is 20.9 Å². The van der Waals surface area contributed by atoms with Gasteiger partial charge in [0.25, 0.3) is 0 Å². The third-order valence-electron chi connectivity index (χ3n) is 5.22. The van der Waals surface area contributed by atoms with Crippen molar-refractivity contribution in [2.24, 2.45) is 11.7 Å². The van der Waals surface area contributed by atoms with Crippen molar-refractivity contribution in [3.63, 3.8) is 0 Å². The number of rotatable bonds is 4. The molecule has 1 aromatic heterocycles. The second-order valence-corrected chi connectivity index (χ2v) is 7.09. The molecule has 0 bridgehead atoms. The number of aryl methyl sites for hydroxylation is 1. The van der Waals surface area contributed by atoms with E-state index in [1.54, 1.807) is 6.20 Å². The Morgan fingerprint density at radius 3 is 2.71 bits per heavy atom. The molecule has 2 fully saturated rings. The van der Waals surface area contributed by atoms with E-state index in [0.717, 1.165) is 37.1 Å². The Balaban J connectivity index is 1.44. The zero-order valence-corrected chi connectivity index (χ0v) is 14.1. The molecule has 0 aromatic carbocycles. The van der Waals surface area contributed by atoms with Crippen LogP contribution in [0.15, 0.2) is 18.3 Å². The monoisotopic (exact) mass is 333 g/mol. The lowest BCUT2D eigenvalue weighted by molar-refractivity contribution is -0.126. The van der Waals surface area contributed by atoms with E-state index < -0.39 is 6.10 Å². The van der Waals surface area contributed by atoms with Crippen molar-refractivity contribution in [2.75, 3.05) is 0 Å². The van der Waals surface area contributed by atoms with E-state index in [4.69, 9.17) is 10.5 Å². The highest BCUT2D eigenvalue weighted by atomic mass is 16.5. The average Bonchev–Trinajstić information content (AvgIpc) is 2.91. The summed E-state index contributed by atoms with van der Waals surface area (Å²) in [7, 11) is 0. The molecule has 2 saturated carbocycles. The Hall–Kier alpha value is -1.66. The number of nitrogens with one attached hydrogen (secondary N) is 1. The summed E-state index contributed by atoms with van der Waals surface area (Å²) < 4.78 is 6.04. The zero-order valence-electron chi connectivity index (χ0n) is 14.1. The maximum absolute atomic E-state index is 12.3. The Bertz CT molecular complexity index is 562. The number of nitrogens with two attached hydrogens (primary N) is 1. The lowest BCUT2D eigenvalue weighted by atomic mass is 9.92. The highest BCUT2D eigenvalue weighted by Crippen LogP contribution is 2.28. The van der Waals surface area contributed by atoms with E-state index >= 15 is 0 Å². The summed E-state index contributed by atoms with van der Waals surface area (Å²) in [4.78, 5) is 16.5. The largest absolute Gasteiger partial charge is 0.489 e. The summed E-state index contributed by atoms with van der Waals surface area (Å²) >= 11 is 0. The van der Waals surface area contributed by atoms with Gasteiger partial charge in [-0.15, -0.1) is 0 Å². The minimum atomic E-state index is -0.549. The number of hydrogen-bond acceptors (Lipinski definition) is 5. The number of ether oxygens (including phenoxy) is 1. The normalized spacial score (nSPS) is 33.2. The van der Waals surface area contributed by atoms with Gasteiger partial charge in [0.15, 0.2) is 0 Å². The number of aliphatic hydroxyl groups excluding tert-OH is 1. The first-order valence-electron chi connectivity index (χ1n) is 8.85. The number of hydrogen-bond donors (Lipinski definition) is 3. The third kappa shape index (κ3) is 4.05. The standard InChI is InChI=1S/C18H27N3O3/c1-11-17(3-2-8-20-11)24-14-6-4-13(5-7-14)21-18(23)12-9-15(19)16(22)10-12/h2-3,8,12-16,22H,4-7,9-10,19H2,1H3,(H,21,23)/t12-,13?,14?,15+,16+/m0/s1. The highest BCUT2D eigenvalue weighted by Gasteiger charge is 2.35. The molecule has 1 aromatic rings. The van der Waals surface area contributed by atoms with E-state index in [9.17, 15) is 9.90 Å². The first-order valence-corrected chi connectivity index (χ1v) is 8.85. The molecule has 2 aliphatic carbocycles. The summed E-state index contributed by atoms with van der Waals surface area (Å²) in [5, 5.41) is 12.8. The zero-order chi connectivity index (χ0) is 17.1. The highest BCUT2D eigenvalue weighted by molar-refractivity contribution is 5.79. The fourth-order valence-electron chi connectivity index (χ4n) is 3.68. The molecule has 1 amide bonds. The number of amides is 1. The minimum Gasteiger partial charge on any atom is -0.489 e. The number of aliphatic hydroxyl groups is 1. The second kappa shape index (κ2) is 7.49. The predicted molar refractivity (Wildman–Crippen MR) is 90.5 cm³/mol. The molecule has 1 heterocycles. The molecule has 0 spiro atoms. The van der Waals surface area contributed by atoms with E-state index in [1.807, 2.05) is 19.1 Å². The number of carbonyl (C=O) groups is 1. The Labute approximate surface area is 142 Å². The lowest BCUT2D eigenvalue weighted by Crippen LogP contribution is -2.42. The summed E-state index contributed by atoms with van der Waals surface area (Å²) in [6.45, 7) is 1.95. The maximum atomic E-state index is 12.3. The Morgan fingerprint density at radius 2 is 2.08 bits per heavy atom. The summed E-state index contributed by atoms with van der Waals surface area (Å²) in [5.41, 5.74) is 6.70. The van der Waals surface area contributed by atoms with E-state index in [-0.39, 0.29) is 30.0 Å². The van der Waals surface area contributed by atoms with Gasteiger partial charge in [0.1, 0.15) is 5.75 Å². The molecule has 0 saturated heterocycles. The third-order valence-corrected chi connectivity index (χ3v) is 5.22. The van der Waals surface area contributed by atoms with Crippen molar-refractivity contribution in [2.45, 2.75) is 69.7 Å². The van der Waals surface area contributed by atoms with Crippen LogP contribution in [0.5, 0.6) is 5.75 Å². The van der Waals surface area contributed by atoms with Gasteiger partial charge in [0.05, 0.1) is 17.9 Å². The fraction of sp³-hybridized carbons (Fsp3) is 0.667. The van der Waals surface area contributed by atoms with Crippen molar-refractivity contribution < 1.29 is 14.6 Å². The van der Waals surface area contributed by atoms with Crippen LogP contribution in [-0.2, 0) is 4.79 Å². The van der Waals surface area contributed by atoms with Crippen LogP contribution < -0.4 is 15.8 Å². The van der Waals surface area contributed by atoms with Gasteiger partial charge in [-0.3, -0.25) is 9.78 Å². The molecule has 3 rings (SSSR count). The number of carbonyl (C=O) groups excluding carboxylic acids is 1. The van der Waals surface area contributed by atoms with E-state index in [2.05, 4.69) is 10.3 Å². The first kappa shape index (κ1) is 17.2. The predicted octanol–water partition coefficient (Wildman–Crippen LogP) is 1.29. The van der Waals surface area contributed by atoms with Crippen molar-refractivity contribution in [3.05, 3.63) is 24.0 Å². The molecule has 3 atom stereocenters. The van der Waals surface area contributed by atoms with Gasteiger partial charge in [-0.25, -0.2) is 0 Å². The molecule has 132 valence electrons. The van der Waals surface area contributed by atoms with Crippen molar-refractivity contribution in [1.82, 2.24) is 10.3 Å². The number of pyridine rings is 1. The summed E-state index contributed by atoms with van der Waals surface area (Å²) in [6.07, 6.45) is 6.12. The van der Waals surface area contributed by atoms with E-state index in [0.29, 0.717) is 12.8 Å². The molecular formula is C18H27N3O3. The van der Waals surface area contributed by atoms with Crippen LogP contribution in [0.25, 0.3) is 0 Å². The summed E-state index contributed by atoms with van der Waals surface area (Å²) in [6, 6.07) is 3.76. The number of aromatic nitrogens is 1. The minimum absolute atomic E-state index is 0.0365. The molecule has 0 radical (unpaired) electrons. The fourth-order valence-corrected chi connectivity index (χ4v) is 3.68. The number of nitrogens with zero attached hydrogens (tertiary/aromatic N) is 1. The van der Waals surface area contributed by atoms with Gasteiger partial charge in [-0.2, -0.15) is 0 Å². The summed E-state index contributed by atoms with van der Waals surface area (Å²) in [5.74, 6) is 0.732.